The summed E-state index contributed by atoms with van der Waals surface area (Å²) >= 11 is 0. The van der Waals surface area contributed by atoms with Crippen LogP contribution < -0.4 is 5.32 Å². The lowest BCUT2D eigenvalue weighted by atomic mass is 10.1. The fourth-order valence-electron chi connectivity index (χ4n) is 1.37. The van der Waals surface area contributed by atoms with Gasteiger partial charge in [-0.3, -0.25) is 0 Å². The minimum atomic E-state index is -1.26. The minimum absolute atomic E-state index is 0.0101. The molecule has 106 valence electrons. The van der Waals surface area contributed by atoms with Crippen LogP contribution in [0.25, 0.3) is 0 Å². The van der Waals surface area contributed by atoms with Crippen molar-refractivity contribution in [3.05, 3.63) is 41.8 Å². The number of anilines is 1. The summed E-state index contributed by atoms with van der Waals surface area (Å²) < 4.78 is 10.1. The SMILES string of the molecule is CC(C)(O)c1nnc(NC(=O)OCc2ccccc2)o1. The van der Waals surface area contributed by atoms with Gasteiger partial charge in [0.2, 0.25) is 5.89 Å². The first-order valence-electron chi connectivity index (χ1n) is 5.99. The van der Waals surface area contributed by atoms with E-state index >= 15 is 0 Å². The first-order valence-corrected chi connectivity index (χ1v) is 5.99. The summed E-state index contributed by atoms with van der Waals surface area (Å²) in [7, 11) is 0. The van der Waals surface area contributed by atoms with Crippen LogP contribution in [-0.2, 0) is 16.9 Å². The topological polar surface area (TPSA) is 97.5 Å². The Labute approximate surface area is 115 Å². The first-order chi connectivity index (χ1) is 9.45. The van der Waals surface area contributed by atoms with Crippen LogP contribution in [-0.4, -0.2) is 21.4 Å². The fraction of sp³-hybridized carbons (Fsp3) is 0.308. The maximum Gasteiger partial charge on any atom is 0.415 e. The van der Waals surface area contributed by atoms with Gasteiger partial charge in [-0.2, -0.15) is 0 Å². The second-order valence-corrected chi connectivity index (χ2v) is 4.66. The number of hydrogen-bond donors (Lipinski definition) is 2. The van der Waals surface area contributed by atoms with E-state index < -0.39 is 11.7 Å². The summed E-state index contributed by atoms with van der Waals surface area (Å²) in [6.45, 7) is 3.13. The fourth-order valence-corrected chi connectivity index (χ4v) is 1.37. The van der Waals surface area contributed by atoms with Crippen molar-refractivity contribution in [3.63, 3.8) is 0 Å². The number of benzene rings is 1. The van der Waals surface area contributed by atoms with Gasteiger partial charge in [0.1, 0.15) is 12.2 Å². The van der Waals surface area contributed by atoms with E-state index in [2.05, 4.69) is 15.5 Å². The monoisotopic (exact) mass is 277 g/mol. The third kappa shape index (κ3) is 3.79. The molecule has 0 spiro atoms. The molecule has 2 N–H and O–H groups in total. The van der Waals surface area contributed by atoms with Gasteiger partial charge >= 0.3 is 12.1 Å². The summed E-state index contributed by atoms with van der Waals surface area (Å²) in [5.74, 6) is 0.0101. The lowest BCUT2D eigenvalue weighted by Crippen LogP contribution is -2.16. The standard InChI is InChI=1S/C13H15N3O4/c1-13(2,18)10-15-16-11(20-10)14-12(17)19-8-9-6-4-3-5-7-9/h3-7,18H,8H2,1-2H3,(H,14,16,17). The number of ether oxygens (including phenoxy) is 1. The summed E-state index contributed by atoms with van der Waals surface area (Å²) in [5, 5.41) is 19.2. The molecule has 20 heavy (non-hydrogen) atoms. The third-order valence-electron chi connectivity index (χ3n) is 2.37. The number of nitrogens with zero attached hydrogens (tertiary/aromatic N) is 2. The Morgan fingerprint density at radius 1 is 1.35 bits per heavy atom. The van der Waals surface area contributed by atoms with Gasteiger partial charge in [0.05, 0.1) is 0 Å². The highest BCUT2D eigenvalue weighted by atomic mass is 16.6. The van der Waals surface area contributed by atoms with Gasteiger partial charge in [0.25, 0.3) is 0 Å². The lowest BCUT2D eigenvalue weighted by Gasteiger charge is -2.09. The quantitative estimate of drug-likeness (QED) is 0.887. The lowest BCUT2D eigenvalue weighted by molar-refractivity contribution is 0.0488. The van der Waals surface area contributed by atoms with E-state index in [-0.39, 0.29) is 18.5 Å². The predicted molar refractivity (Wildman–Crippen MR) is 69.8 cm³/mol. The molecule has 7 heteroatoms. The molecule has 0 aliphatic carbocycles. The molecule has 0 unspecified atom stereocenters. The number of hydrogen-bond acceptors (Lipinski definition) is 6. The number of amides is 1. The Morgan fingerprint density at radius 2 is 2.05 bits per heavy atom. The summed E-state index contributed by atoms with van der Waals surface area (Å²) in [5.41, 5.74) is -0.397. The molecule has 0 saturated carbocycles. The zero-order valence-electron chi connectivity index (χ0n) is 11.2. The van der Waals surface area contributed by atoms with Gasteiger partial charge in [0, 0.05) is 0 Å². The molecule has 0 aliphatic heterocycles. The number of aliphatic hydroxyl groups is 1. The molecule has 0 fully saturated rings. The van der Waals surface area contributed by atoms with Crippen molar-refractivity contribution in [2.24, 2.45) is 0 Å². The van der Waals surface area contributed by atoms with E-state index in [1.165, 1.54) is 13.8 Å². The van der Waals surface area contributed by atoms with Crippen LogP contribution in [0.4, 0.5) is 10.8 Å². The number of carbonyl (C=O) groups is 1. The van der Waals surface area contributed by atoms with Crippen molar-refractivity contribution in [2.75, 3.05) is 5.32 Å². The largest absolute Gasteiger partial charge is 0.444 e. The van der Waals surface area contributed by atoms with E-state index in [1.807, 2.05) is 30.3 Å². The molecule has 2 rings (SSSR count). The highest BCUT2D eigenvalue weighted by Gasteiger charge is 2.24. The van der Waals surface area contributed by atoms with Crippen molar-refractivity contribution >= 4 is 12.1 Å². The predicted octanol–water partition coefficient (Wildman–Crippen LogP) is 2.05. The van der Waals surface area contributed by atoms with Crippen molar-refractivity contribution < 1.29 is 19.1 Å². The smallest absolute Gasteiger partial charge is 0.415 e. The van der Waals surface area contributed by atoms with E-state index in [1.54, 1.807) is 0 Å². The van der Waals surface area contributed by atoms with Crippen LogP contribution in [0.15, 0.2) is 34.7 Å². The molecule has 0 aliphatic rings. The Kier molecular flexibility index (Phi) is 3.99. The first kappa shape index (κ1) is 14.0. The van der Waals surface area contributed by atoms with Crippen molar-refractivity contribution in [1.29, 1.82) is 0 Å². The van der Waals surface area contributed by atoms with E-state index in [0.29, 0.717) is 0 Å². The van der Waals surface area contributed by atoms with Gasteiger partial charge in [-0.05, 0) is 19.4 Å². The molecule has 2 aromatic rings. The molecule has 1 heterocycles. The van der Waals surface area contributed by atoms with Gasteiger partial charge in [0.15, 0.2) is 0 Å². The minimum Gasteiger partial charge on any atom is -0.444 e. The zero-order chi connectivity index (χ0) is 14.6. The van der Waals surface area contributed by atoms with E-state index in [9.17, 15) is 9.90 Å². The normalized spacial score (nSPS) is 11.2. The molecule has 1 aromatic heterocycles. The second kappa shape index (κ2) is 5.70. The van der Waals surface area contributed by atoms with Gasteiger partial charge in [-0.25, -0.2) is 10.1 Å². The third-order valence-corrected chi connectivity index (χ3v) is 2.37. The van der Waals surface area contributed by atoms with Crippen LogP contribution >= 0.6 is 0 Å². The van der Waals surface area contributed by atoms with Crippen molar-refractivity contribution in [3.8, 4) is 0 Å². The average molecular weight is 277 g/mol. The molecule has 0 saturated heterocycles. The summed E-state index contributed by atoms with van der Waals surface area (Å²) in [6.07, 6.45) is -0.709. The molecule has 7 nitrogen and oxygen atoms in total. The van der Waals surface area contributed by atoms with Crippen LogP contribution in [0.1, 0.15) is 25.3 Å². The molecular weight excluding hydrogens is 262 g/mol. The molecule has 0 bridgehead atoms. The van der Waals surface area contributed by atoms with Crippen molar-refractivity contribution in [2.45, 2.75) is 26.1 Å². The van der Waals surface area contributed by atoms with Crippen molar-refractivity contribution in [1.82, 2.24) is 10.2 Å². The molecule has 0 radical (unpaired) electrons. The van der Waals surface area contributed by atoms with Crippen LogP contribution in [0.5, 0.6) is 0 Å². The number of aromatic nitrogens is 2. The van der Waals surface area contributed by atoms with E-state index in [4.69, 9.17) is 9.15 Å². The molecule has 0 atom stereocenters. The molecule has 1 amide bonds. The Bertz CT molecular complexity index is 575. The molecule has 1 aromatic carbocycles. The van der Waals surface area contributed by atoms with Gasteiger partial charge in [-0.15, -0.1) is 5.10 Å². The maximum atomic E-state index is 11.5. The van der Waals surface area contributed by atoms with Crippen LogP contribution in [0, 0.1) is 0 Å². The maximum absolute atomic E-state index is 11.5. The highest BCUT2D eigenvalue weighted by molar-refractivity contribution is 5.81. The van der Waals surface area contributed by atoms with Gasteiger partial charge < -0.3 is 14.3 Å². The summed E-state index contributed by atoms with van der Waals surface area (Å²) in [4.78, 5) is 11.5. The Hall–Kier alpha value is -2.41. The highest BCUT2D eigenvalue weighted by Crippen LogP contribution is 2.19. The molecular formula is C13H15N3O4. The van der Waals surface area contributed by atoms with E-state index in [0.717, 1.165) is 5.56 Å². The van der Waals surface area contributed by atoms with Crippen LogP contribution in [0.2, 0.25) is 0 Å². The zero-order valence-corrected chi connectivity index (χ0v) is 11.2. The van der Waals surface area contributed by atoms with Gasteiger partial charge in [-0.1, -0.05) is 35.4 Å². The Balaban J connectivity index is 1.87. The Morgan fingerprint density at radius 3 is 2.65 bits per heavy atom. The second-order valence-electron chi connectivity index (χ2n) is 4.66. The summed E-state index contributed by atoms with van der Waals surface area (Å²) in [6, 6.07) is 9.13. The number of carbonyl (C=O) groups excluding carboxylic acids is 1. The number of rotatable bonds is 4. The number of nitrogens with one attached hydrogen (secondary N) is 1. The average Bonchev–Trinajstić information content (AvgIpc) is 2.86. The van der Waals surface area contributed by atoms with Crippen LogP contribution in [0.3, 0.4) is 0 Å².